The van der Waals surface area contributed by atoms with Crippen LogP contribution in [0.1, 0.15) is 13.8 Å². The molecule has 0 aliphatic carbocycles. The lowest BCUT2D eigenvalue weighted by Gasteiger charge is -2.08. The third-order valence-electron chi connectivity index (χ3n) is 1.99. The van der Waals surface area contributed by atoms with Crippen LogP contribution in [0, 0.1) is 0 Å². The molecule has 6 nitrogen and oxygen atoms in total. The van der Waals surface area contributed by atoms with Crippen molar-refractivity contribution in [2.24, 2.45) is 0 Å². The SMILES string of the molecule is CC=Cn1c(N)c(N)c(=O)n(C=CC)c1=O. The summed E-state index contributed by atoms with van der Waals surface area (Å²) in [5, 5.41) is 0. The molecule has 6 heteroatoms. The first-order chi connectivity index (χ1) is 7.54. The maximum Gasteiger partial charge on any atom is 0.340 e. The minimum absolute atomic E-state index is 0.0474. The Labute approximate surface area is 92.1 Å². The Morgan fingerprint density at radius 3 is 2.00 bits per heavy atom. The number of hydrogen-bond acceptors (Lipinski definition) is 4. The highest BCUT2D eigenvalue weighted by Gasteiger charge is 2.11. The first kappa shape index (κ1) is 11.8. The van der Waals surface area contributed by atoms with Crippen LogP contribution in [0.5, 0.6) is 0 Å². The van der Waals surface area contributed by atoms with E-state index in [4.69, 9.17) is 11.5 Å². The molecule has 0 saturated carbocycles. The average molecular weight is 222 g/mol. The highest BCUT2D eigenvalue weighted by molar-refractivity contribution is 5.60. The number of rotatable bonds is 2. The standard InChI is InChI=1S/C10H14N4O2/c1-3-5-13-8(12)7(11)9(15)14(6-4-2)10(13)16/h3-6H,11-12H2,1-2H3. The van der Waals surface area contributed by atoms with Crippen LogP contribution in [-0.2, 0) is 0 Å². The lowest BCUT2D eigenvalue weighted by Crippen LogP contribution is -2.38. The summed E-state index contributed by atoms with van der Waals surface area (Å²) in [6.45, 7) is 3.42. The Morgan fingerprint density at radius 1 is 1.00 bits per heavy atom. The molecule has 0 fully saturated rings. The lowest BCUT2D eigenvalue weighted by atomic mass is 10.4. The number of nitrogen functional groups attached to an aromatic ring is 2. The van der Waals surface area contributed by atoms with Crippen molar-refractivity contribution < 1.29 is 0 Å². The monoisotopic (exact) mass is 222 g/mol. The molecule has 1 aromatic rings. The lowest BCUT2D eigenvalue weighted by molar-refractivity contribution is 0.870. The summed E-state index contributed by atoms with van der Waals surface area (Å²) in [7, 11) is 0. The van der Waals surface area contributed by atoms with E-state index < -0.39 is 11.2 Å². The molecule has 1 heterocycles. The topological polar surface area (TPSA) is 96.0 Å². The van der Waals surface area contributed by atoms with Gasteiger partial charge in [0.1, 0.15) is 11.5 Å². The van der Waals surface area contributed by atoms with E-state index in [0.29, 0.717) is 0 Å². The van der Waals surface area contributed by atoms with Crippen LogP contribution in [0.4, 0.5) is 11.5 Å². The number of nitrogens with two attached hydrogens (primary N) is 2. The maximum atomic E-state index is 11.8. The summed E-state index contributed by atoms with van der Waals surface area (Å²) in [6, 6.07) is 0. The minimum atomic E-state index is -0.610. The second-order valence-corrected chi connectivity index (χ2v) is 3.09. The van der Waals surface area contributed by atoms with Gasteiger partial charge >= 0.3 is 5.69 Å². The van der Waals surface area contributed by atoms with E-state index in [1.165, 1.54) is 12.4 Å². The third kappa shape index (κ3) is 1.77. The quantitative estimate of drug-likeness (QED) is 0.744. The van der Waals surface area contributed by atoms with E-state index in [-0.39, 0.29) is 11.5 Å². The number of hydrogen-bond donors (Lipinski definition) is 2. The third-order valence-corrected chi connectivity index (χ3v) is 1.99. The van der Waals surface area contributed by atoms with Gasteiger partial charge in [0.15, 0.2) is 0 Å². The molecule has 1 aromatic heterocycles. The molecule has 0 aromatic carbocycles. The average Bonchev–Trinajstić information content (AvgIpc) is 2.28. The van der Waals surface area contributed by atoms with Crippen molar-refractivity contribution in [1.29, 1.82) is 0 Å². The Kier molecular flexibility index (Phi) is 3.34. The molecule has 0 amide bonds. The molecule has 1 rings (SSSR count). The molecular weight excluding hydrogens is 208 g/mol. The predicted octanol–water partition coefficient (Wildman–Crippen LogP) is 0.156. The van der Waals surface area contributed by atoms with Crippen LogP contribution in [0.15, 0.2) is 21.7 Å². The molecule has 16 heavy (non-hydrogen) atoms. The molecule has 0 saturated heterocycles. The predicted molar refractivity (Wildman–Crippen MR) is 65.8 cm³/mol. The van der Waals surface area contributed by atoms with Crippen LogP contribution in [0.2, 0.25) is 0 Å². The summed E-state index contributed by atoms with van der Waals surface area (Å²) in [4.78, 5) is 23.5. The van der Waals surface area contributed by atoms with Gasteiger partial charge in [-0.3, -0.25) is 9.36 Å². The van der Waals surface area contributed by atoms with Crippen LogP contribution < -0.4 is 22.7 Å². The maximum absolute atomic E-state index is 11.8. The second kappa shape index (κ2) is 4.52. The van der Waals surface area contributed by atoms with Crippen LogP contribution >= 0.6 is 0 Å². The fourth-order valence-corrected chi connectivity index (χ4v) is 1.25. The van der Waals surface area contributed by atoms with Crippen molar-refractivity contribution in [2.75, 3.05) is 11.5 Å². The minimum Gasteiger partial charge on any atom is -0.391 e. The zero-order valence-corrected chi connectivity index (χ0v) is 9.18. The molecule has 0 atom stereocenters. The van der Waals surface area contributed by atoms with Gasteiger partial charge in [-0.2, -0.15) is 0 Å². The van der Waals surface area contributed by atoms with E-state index in [1.807, 2.05) is 0 Å². The molecule has 0 radical (unpaired) electrons. The fourth-order valence-electron chi connectivity index (χ4n) is 1.25. The van der Waals surface area contributed by atoms with Gasteiger partial charge in [-0.15, -0.1) is 0 Å². The van der Waals surface area contributed by atoms with Crippen molar-refractivity contribution in [3.05, 3.63) is 33.0 Å². The molecular formula is C10H14N4O2. The summed E-state index contributed by atoms with van der Waals surface area (Å²) >= 11 is 0. The van der Waals surface area contributed by atoms with Crippen LogP contribution in [0.3, 0.4) is 0 Å². The summed E-state index contributed by atoms with van der Waals surface area (Å²) < 4.78 is 2.03. The van der Waals surface area contributed by atoms with E-state index in [9.17, 15) is 9.59 Å². The molecule has 0 aliphatic rings. The van der Waals surface area contributed by atoms with Gasteiger partial charge in [-0.1, -0.05) is 12.2 Å². The van der Waals surface area contributed by atoms with E-state index >= 15 is 0 Å². The van der Waals surface area contributed by atoms with Crippen LogP contribution in [0.25, 0.3) is 12.4 Å². The molecule has 0 unspecified atom stereocenters. The van der Waals surface area contributed by atoms with Gasteiger partial charge in [0.25, 0.3) is 5.56 Å². The number of allylic oxidation sites excluding steroid dienone is 2. The molecule has 0 bridgehead atoms. The van der Waals surface area contributed by atoms with E-state index in [2.05, 4.69) is 0 Å². The zero-order chi connectivity index (χ0) is 12.3. The van der Waals surface area contributed by atoms with Crippen molar-refractivity contribution in [3.8, 4) is 0 Å². The fraction of sp³-hybridized carbons (Fsp3) is 0.200. The Hall–Kier alpha value is -2.24. The Morgan fingerprint density at radius 2 is 1.50 bits per heavy atom. The van der Waals surface area contributed by atoms with Gasteiger partial charge in [0, 0.05) is 12.4 Å². The molecule has 0 spiro atoms. The van der Waals surface area contributed by atoms with Gasteiger partial charge in [0.05, 0.1) is 0 Å². The number of anilines is 2. The first-order valence-electron chi connectivity index (χ1n) is 4.72. The van der Waals surface area contributed by atoms with Crippen molar-refractivity contribution >= 4 is 23.9 Å². The zero-order valence-electron chi connectivity index (χ0n) is 9.18. The van der Waals surface area contributed by atoms with E-state index in [0.717, 1.165) is 9.13 Å². The van der Waals surface area contributed by atoms with Gasteiger partial charge < -0.3 is 11.5 Å². The van der Waals surface area contributed by atoms with Gasteiger partial charge in [-0.25, -0.2) is 9.36 Å². The molecule has 0 aliphatic heterocycles. The molecule has 86 valence electrons. The summed E-state index contributed by atoms with van der Waals surface area (Å²) in [5.41, 5.74) is 9.81. The van der Waals surface area contributed by atoms with Gasteiger partial charge in [-0.05, 0) is 13.8 Å². The van der Waals surface area contributed by atoms with Crippen molar-refractivity contribution in [2.45, 2.75) is 13.8 Å². The second-order valence-electron chi connectivity index (χ2n) is 3.09. The number of aromatic nitrogens is 2. The summed E-state index contributed by atoms with van der Waals surface area (Å²) in [5.74, 6) is -0.0474. The largest absolute Gasteiger partial charge is 0.391 e. The van der Waals surface area contributed by atoms with E-state index in [1.54, 1.807) is 26.0 Å². The van der Waals surface area contributed by atoms with Crippen molar-refractivity contribution in [3.63, 3.8) is 0 Å². The Bertz CT molecular complexity index is 563. The number of nitrogens with zero attached hydrogens (tertiary/aromatic N) is 2. The Balaban J connectivity index is 3.80. The first-order valence-corrected chi connectivity index (χ1v) is 4.72. The summed E-state index contributed by atoms with van der Waals surface area (Å²) in [6.07, 6.45) is 5.99. The molecule has 4 N–H and O–H groups in total. The normalized spacial score (nSPS) is 11.6. The smallest absolute Gasteiger partial charge is 0.340 e. The van der Waals surface area contributed by atoms with Crippen LogP contribution in [-0.4, -0.2) is 9.13 Å². The highest BCUT2D eigenvalue weighted by atomic mass is 16.2. The highest BCUT2D eigenvalue weighted by Crippen LogP contribution is 2.05. The van der Waals surface area contributed by atoms with Gasteiger partial charge in [0.2, 0.25) is 0 Å². The van der Waals surface area contributed by atoms with Crippen molar-refractivity contribution in [1.82, 2.24) is 9.13 Å².